The van der Waals surface area contributed by atoms with E-state index in [4.69, 9.17) is 0 Å². The molecule has 0 fully saturated rings. The summed E-state index contributed by atoms with van der Waals surface area (Å²) in [6.45, 7) is 3.46. The summed E-state index contributed by atoms with van der Waals surface area (Å²) in [6, 6.07) is 9.71. The number of fused-ring (bicyclic) bond motifs is 1. The number of carbonyl (C=O) groups is 3. The second kappa shape index (κ2) is 4.80. The third-order valence-corrected chi connectivity index (χ3v) is 3.69. The quantitative estimate of drug-likeness (QED) is 0.864. The van der Waals surface area contributed by atoms with E-state index in [-0.39, 0.29) is 11.3 Å². The Bertz CT molecular complexity index is 804. The molecule has 1 aliphatic heterocycles. The average Bonchev–Trinajstić information content (AvgIpc) is 2.71. The van der Waals surface area contributed by atoms with Crippen LogP contribution in [0.25, 0.3) is 0 Å². The predicted octanol–water partition coefficient (Wildman–Crippen LogP) is 2.80. The van der Waals surface area contributed by atoms with Crippen LogP contribution in [0.4, 0.5) is 5.69 Å². The first-order valence-electron chi connectivity index (χ1n) is 6.74. The third kappa shape index (κ3) is 1.90. The van der Waals surface area contributed by atoms with Crippen LogP contribution >= 0.6 is 0 Å². The maximum absolute atomic E-state index is 12.5. The normalized spacial score (nSPS) is 13.5. The van der Waals surface area contributed by atoms with Gasteiger partial charge in [-0.25, -0.2) is 9.69 Å². The number of aryl methyl sites for hydroxylation is 2. The Morgan fingerprint density at radius 1 is 1.00 bits per heavy atom. The topological polar surface area (TPSA) is 74.7 Å². The molecular weight excluding hydrogens is 282 g/mol. The molecule has 1 N–H and O–H groups in total. The van der Waals surface area contributed by atoms with E-state index in [2.05, 4.69) is 0 Å². The minimum atomic E-state index is -1.17. The summed E-state index contributed by atoms with van der Waals surface area (Å²) in [5, 5.41) is 9.42. The van der Waals surface area contributed by atoms with Crippen LogP contribution in [-0.4, -0.2) is 22.9 Å². The molecule has 2 aromatic carbocycles. The molecule has 2 aromatic rings. The number of anilines is 1. The number of carboxylic acid groups (broad SMARTS) is 1. The summed E-state index contributed by atoms with van der Waals surface area (Å²) in [7, 11) is 0. The van der Waals surface area contributed by atoms with Gasteiger partial charge < -0.3 is 5.11 Å². The molecule has 110 valence electrons. The summed E-state index contributed by atoms with van der Waals surface area (Å²) in [5.74, 6) is -2.15. The fraction of sp³-hybridized carbons (Fsp3) is 0.118. The summed E-state index contributed by atoms with van der Waals surface area (Å²) >= 11 is 0. The van der Waals surface area contributed by atoms with Crippen LogP contribution in [0.2, 0.25) is 0 Å². The van der Waals surface area contributed by atoms with Gasteiger partial charge in [-0.05, 0) is 43.2 Å². The zero-order valence-electron chi connectivity index (χ0n) is 12.1. The molecule has 0 saturated heterocycles. The largest absolute Gasteiger partial charge is 0.478 e. The second-order valence-corrected chi connectivity index (χ2v) is 5.27. The summed E-state index contributed by atoms with van der Waals surface area (Å²) in [5.41, 5.74) is 2.02. The van der Waals surface area contributed by atoms with Crippen molar-refractivity contribution in [3.05, 3.63) is 64.2 Å². The Morgan fingerprint density at radius 3 is 2.05 bits per heavy atom. The van der Waals surface area contributed by atoms with Crippen LogP contribution in [0, 0.1) is 13.8 Å². The van der Waals surface area contributed by atoms with Gasteiger partial charge in [0.2, 0.25) is 0 Å². The minimum Gasteiger partial charge on any atom is -0.478 e. The van der Waals surface area contributed by atoms with Crippen LogP contribution in [0.3, 0.4) is 0 Å². The van der Waals surface area contributed by atoms with E-state index < -0.39 is 17.8 Å². The van der Waals surface area contributed by atoms with Gasteiger partial charge in [-0.15, -0.1) is 0 Å². The monoisotopic (exact) mass is 295 g/mol. The summed E-state index contributed by atoms with van der Waals surface area (Å²) < 4.78 is 0. The van der Waals surface area contributed by atoms with Gasteiger partial charge in [-0.2, -0.15) is 0 Å². The lowest BCUT2D eigenvalue weighted by Crippen LogP contribution is -2.31. The number of imide groups is 1. The molecule has 22 heavy (non-hydrogen) atoms. The van der Waals surface area contributed by atoms with Crippen molar-refractivity contribution in [3.63, 3.8) is 0 Å². The molecule has 5 nitrogen and oxygen atoms in total. The van der Waals surface area contributed by atoms with E-state index in [1.807, 2.05) is 0 Å². The third-order valence-electron chi connectivity index (χ3n) is 3.69. The van der Waals surface area contributed by atoms with E-state index in [9.17, 15) is 19.5 Å². The van der Waals surface area contributed by atoms with Gasteiger partial charge in [0.25, 0.3) is 11.8 Å². The van der Waals surface area contributed by atoms with E-state index in [1.165, 1.54) is 6.07 Å². The molecule has 0 radical (unpaired) electrons. The van der Waals surface area contributed by atoms with Crippen molar-refractivity contribution in [1.82, 2.24) is 0 Å². The number of carboxylic acids is 1. The standard InChI is InChI=1S/C17H13NO4/c1-9-7-10(2)14(13(8-9)17(21)22)18-15(19)11-5-3-4-6-12(11)16(18)20/h3-8H,1-2H3,(H,21,22). The molecule has 0 spiro atoms. The van der Waals surface area contributed by atoms with E-state index in [1.54, 1.807) is 44.2 Å². The smallest absolute Gasteiger partial charge is 0.337 e. The molecule has 3 rings (SSSR count). The number of aromatic carboxylic acids is 1. The Labute approximate surface area is 126 Å². The fourth-order valence-electron chi connectivity index (χ4n) is 2.81. The lowest BCUT2D eigenvalue weighted by molar-refractivity contribution is 0.0697. The number of hydrogen-bond donors (Lipinski definition) is 1. The van der Waals surface area contributed by atoms with Crippen molar-refractivity contribution in [1.29, 1.82) is 0 Å². The van der Waals surface area contributed by atoms with E-state index in [0.717, 1.165) is 10.5 Å². The average molecular weight is 295 g/mol. The molecule has 2 amide bonds. The highest BCUT2D eigenvalue weighted by atomic mass is 16.4. The lowest BCUT2D eigenvalue weighted by atomic mass is 10.0. The van der Waals surface area contributed by atoms with Crippen LogP contribution < -0.4 is 4.90 Å². The van der Waals surface area contributed by atoms with Gasteiger partial charge in [0.15, 0.2) is 0 Å². The van der Waals surface area contributed by atoms with Gasteiger partial charge in [0, 0.05) is 0 Å². The van der Waals surface area contributed by atoms with Gasteiger partial charge in [0.05, 0.1) is 22.4 Å². The molecular formula is C17H13NO4. The first-order chi connectivity index (χ1) is 10.4. The number of hydrogen-bond acceptors (Lipinski definition) is 3. The highest BCUT2D eigenvalue weighted by Gasteiger charge is 2.38. The first kappa shape index (κ1) is 14.0. The second-order valence-electron chi connectivity index (χ2n) is 5.27. The number of rotatable bonds is 2. The number of nitrogens with zero attached hydrogens (tertiary/aromatic N) is 1. The summed E-state index contributed by atoms with van der Waals surface area (Å²) in [6.07, 6.45) is 0. The lowest BCUT2D eigenvalue weighted by Gasteiger charge is -2.19. The van der Waals surface area contributed by atoms with Crippen LogP contribution in [-0.2, 0) is 0 Å². The van der Waals surface area contributed by atoms with Crippen molar-refractivity contribution in [2.45, 2.75) is 13.8 Å². The highest BCUT2D eigenvalue weighted by molar-refractivity contribution is 6.35. The van der Waals surface area contributed by atoms with Crippen LogP contribution in [0.5, 0.6) is 0 Å². The molecule has 1 aliphatic rings. The molecule has 0 atom stereocenters. The van der Waals surface area contributed by atoms with Crippen molar-refractivity contribution >= 4 is 23.5 Å². The molecule has 0 aromatic heterocycles. The van der Waals surface area contributed by atoms with Crippen LogP contribution in [0.15, 0.2) is 36.4 Å². The molecule has 1 heterocycles. The van der Waals surface area contributed by atoms with E-state index >= 15 is 0 Å². The van der Waals surface area contributed by atoms with E-state index in [0.29, 0.717) is 16.7 Å². The molecule has 0 unspecified atom stereocenters. The van der Waals surface area contributed by atoms with Crippen molar-refractivity contribution in [3.8, 4) is 0 Å². The van der Waals surface area contributed by atoms with Crippen molar-refractivity contribution in [2.24, 2.45) is 0 Å². The minimum absolute atomic E-state index is 0.0491. The van der Waals surface area contributed by atoms with Gasteiger partial charge in [0.1, 0.15) is 0 Å². The Kier molecular flexibility index (Phi) is 3.06. The van der Waals surface area contributed by atoms with Gasteiger partial charge in [-0.1, -0.05) is 18.2 Å². The highest BCUT2D eigenvalue weighted by Crippen LogP contribution is 2.34. The maximum Gasteiger partial charge on any atom is 0.337 e. The predicted molar refractivity (Wildman–Crippen MR) is 80.5 cm³/mol. The Hall–Kier alpha value is -2.95. The zero-order valence-corrected chi connectivity index (χ0v) is 12.1. The Balaban J connectivity index is 2.24. The molecule has 5 heteroatoms. The zero-order chi connectivity index (χ0) is 16.0. The van der Waals surface area contributed by atoms with Crippen LogP contribution in [0.1, 0.15) is 42.2 Å². The first-order valence-corrected chi connectivity index (χ1v) is 6.74. The molecule has 0 aliphatic carbocycles. The van der Waals surface area contributed by atoms with Crippen molar-refractivity contribution < 1.29 is 19.5 Å². The Morgan fingerprint density at radius 2 is 1.55 bits per heavy atom. The molecule has 0 bridgehead atoms. The van der Waals surface area contributed by atoms with Gasteiger partial charge >= 0.3 is 5.97 Å². The summed E-state index contributed by atoms with van der Waals surface area (Å²) in [4.78, 5) is 37.5. The van der Waals surface area contributed by atoms with Crippen molar-refractivity contribution in [2.75, 3.05) is 4.90 Å². The number of benzene rings is 2. The molecule has 0 saturated carbocycles. The number of amides is 2. The maximum atomic E-state index is 12.5. The SMILES string of the molecule is Cc1cc(C)c(N2C(=O)c3ccccc3C2=O)c(C(=O)O)c1. The number of carbonyl (C=O) groups excluding carboxylic acids is 2. The fourth-order valence-corrected chi connectivity index (χ4v) is 2.81. The van der Waals surface area contributed by atoms with Gasteiger partial charge in [-0.3, -0.25) is 9.59 Å².